The summed E-state index contributed by atoms with van der Waals surface area (Å²) >= 11 is 5.76. The molecule has 1 heterocycles. The number of rotatable bonds is 5. The lowest BCUT2D eigenvalue weighted by Crippen LogP contribution is -2.08. The van der Waals surface area contributed by atoms with Gasteiger partial charge >= 0.3 is 0 Å². The van der Waals surface area contributed by atoms with Gasteiger partial charge in [-0.05, 0) is 25.0 Å². The van der Waals surface area contributed by atoms with Crippen LogP contribution in [0.25, 0.3) is 0 Å². The summed E-state index contributed by atoms with van der Waals surface area (Å²) in [5.41, 5.74) is 3.24. The van der Waals surface area contributed by atoms with Crippen molar-refractivity contribution in [3.8, 4) is 0 Å². The van der Waals surface area contributed by atoms with Crippen LogP contribution in [-0.2, 0) is 26.0 Å². The highest BCUT2D eigenvalue weighted by Gasteiger charge is 2.15. The minimum atomic E-state index is -0.335. The first-order valence-electron chi connectivity index (χ1n) is 6.72. The molecule has 0 unspecified atom stereocenters. The van der Waals surface area contributed by atoms with E-state index in [0.29, 0.717) is 17.1 Å². The van der Waals surface area contributed by atoms with Crippen LogP contribution in [0.4, 0.5) is 4.39 Å². The molecule has 0 amide bonds. The number of halogens is 2. The van der Waals surface area contributed by atoms with Crippen molar-refractivity contribution in [2.45, 2.75) is 39.8 Å². The third kappa shape index (κ3) is 2.86. The predicted octanol–water partition coefficient (Wildman–Crippen LogP) is 3.34. The van der Waals surface area contributed by atoms with Crippen LogP contribution in [0.2, 0.25) is 5.02 Å². The van der Waals surface area contributed by atoms with Crippen molar-refractivity contribution in [2.24, 2.45) is 0 Å². The first-order chi connectivity index (χ1) is 9.60. The average molecular weight is 297 g/mol. The molecule has 0 atom stereocenters. The Morgan fingerprint density at radius 3 is 2.60 bits per heavy atom. The highest BCUT2D eigenvalue weighted by Crippen LogP contribution is 2.20. The molecule has 0 radical (unpaired) electrons. The van der Waals surface area contributed by atoms with Gasteiger partial charge in [0.25, 0.3) is 0 Å². The summed E-state index contributed by atoms with van der Waals surface area (Å²) in [6.45, 7) is 4.31. The molecule has 0 spiro atoms. The number of aliphatic hydroxyl groups excluding tert-OH is 1. The van der Waals surface area contributed by atoms with Crippen molar-refractivity contribution in [3.63, 3.8) is 0 Å². The Kier molecular flexibility index (Phi) is 4.78. The van der Waals surface area contributed by atoms with E-state index in [2.05, 4.69) is 5.10 Å². The second-order valence-corrected chi connectivity index (χ2v) is 5.07. The summed E-state index contributed by atoms with van der Waals surface area (Å²) in [6, 6.07) is 4.64. The van der Waals surface area contributed by atoms with E-state index in [4.69, 9.17) is 11.6 Å². The molecule has 3 nitrogen and oxygen atoms in total. The summed E-state index contributed by atoms with van der Waals surface area (Å²) in [5, 5.41) is 14.4. The third-order valence-electron chi connectivity index (χ3n) is 3.41. The van der Waals surface area contributed by atoms with E-state index >= 15 is 0 Å². The van der Waals surface area contributed by atoms with Crippen LogP contribution in [0.5, 0.6) is 0 Å². The van der Waals surface area contributed by atoms with Crippen LogP contribution in [0.3, 0.4) is 0 Å². The summed E-state index contributed by atoms with van der Waals surface area (Å²) < 4.78 is 15.6. The lowest BCUT2D eigenvalue weighted by atomic mass is 10.1. The van der Waals surface area contributed by atoms with Gasteiger partial charge in [-0.15, -0.1) is 0 Å². The molecule has 1 aromatic heterocycles. The molecule has 2 rings (SSSR count). The number of nitrogens with zero attached hydrogens (tertiary/aromatic N) is 2. The average Bonchev–Trinajstić information content (AvgIpc) is 2.78. The van der Waals surface area contributed by atoms with Crippen LogP contribution >= 0.6 is 11.6 Å². The molecule has 20 heavy (non-hydrogen) atoms. The molecular formula is C15H18ClFN2O. The Morgan fingerprint density at radius 1 is 1.30 bits per heavy atom. The lowest BCUT2D eigenvalue weighted by molar-refractivity contribution is 0.279. The fourth-order valence-electron chi connectivity index (χ4n) is 2.39. The second kappa shape index (κ2) is 6.37. The second-order valence-electron chi connectivity index (χ2n) is 4.63. The molecule has 0 fully saturated rings. The van der Waals surface area contributed by atoms with Gasteiger partial charge in [0.05, 0.1) is 18.8 Å². The minimum absolute atomic E-state index is 0.0323. The van der Waals surface area contributed by atoms with E-state index in [1.807, 2.05) is 13.8 Å². The van der Waals surface area contributed by atoms with Crippen molar-refractivity contribution in [2.75, 3.05) is 0 Å². The summed E-state index contributed by atoms with van der Waals surface area (Å²) in [7, 11) is 0. The van der Waals surface area contributed by atoms with Gasteiger partial charge in [-0.1, -0.05) is 31.5 Å². The van der Waals surface area contributed by atoms with Crippen LogP contribution in [0.1, 0.15) is 36.4 Å². The number of aliphatic hydroxyl groups is 1. The van der Waals surface area contributed by atoms with E-state index < -0.39 is 0 Å². The Labute approximate surface area is 123 Å². The van der Waals surface area contributed by atoms with E-state index in [9.17, 15) is 9.50 Å². The molecule has 1 aromatic carbocycles. The Hall–Kier alpha value is -1.39. The predicted molar refractivity (Wildman–Crippen MR) is 77.4 cm³/mol. The first-order valence-corrected chi connectivity index (χ1v) is 7.10. The molecule has 5 heteroatoms. The van der Waals surface area contributed by atoms with Gasteiger partial charge < -0.3 is 5.11 Å². The normalized spacial score (nSPS) is 11.1. The maximum atomic E-state index is 13.9. The number of benzene rings is 1. The van der Waals surface area contributed by atoms with Gasteiger partial charge in [0.1, 0.15) is 5.82 Å². The molecule has 0 saturated heterocycles. The van der Waals surface area contributed by atoms with Gasteiger partial charge in [-0.25, -0.2) is 4.39 Å². The molecule has 0 bridgehead atoms. The summed E-state index contributed by atoms with van der Waals surface area (Å²) in [5.74, 6) is -0.335. The molecule has 0 aliphatic heterocycles. The van der Waals surface area contributed by atoms with Crippen molar-refractivity contribution >= 4 is 11.6 Å². The van der Waals surface area contributed by atoms with Crippen LogP contribution in [0.15, 0.2) is 18.2 Å². The van der Waals surface area contributed by atoms with E-state index in [-0.39, 0.29) is 12.4 Å². The fraction of sp³-hybridized carbons (Fsp3) is 0.400. The lowest BCUT2D eigenvalue weighted by Gasteiger charge is -2.08. The largest absolute Gasteiger partial charge is 0.392 e. The van der Waals surface area contributed by atoms with Crippen LogP contribution in [0, 0.1) is 5.82 Å². The molecule has 108 valence electrons. The van der Waals surface area contributed by atoms with Gasteiger partial charge in [0.2, 0.25) is 0 Å². The maximum absolute atomic E-state index is 13.9. The molecule has 0 saturated carbocycles. The van der Waals surface area contributed by atoms with Gasteiger partial charge in [-0.3, -0.25) is 4.68 Å². The van der Waals surface area contributed by atoms with Gasteiger partial charge in [0, 0.05) is 21.8 Å². The number of hydrogen-bond acceptors (Lipinski definition) is 2. The maximum Gasteiger partial charge on any atom is 0.129 e. The molecule has 0 aliphatic carbocycles. The van der Waals surface area contributed by atoms with Crippen molar-refractivity contribution in [1.82, 2.24) is 9.78 Å². The van der Waals surface area contributed by atoms with E-state index in [0.717, 1.165) is 29.8 Å². The van der Waals surface area contributed by atoms with E-state index in [1.54, 1.807) is 16.8 Å². The third-order valence-corrected chi connectivity index (χ3v) is 3.65. The van der Waals surface area contributed by atoms with Crippen molar-refractivity contribution in [1.29, 1.82) is 0 Å². The van der Waals surface area contributed by atoms with Crippen LogP contribution in [-0.4, -0.2) is 14.9 Å². The quantitative estimate of drug-likeness (QED) is 0.919. The van der Waals surface area contributed by atoms with Gasteiger partial charge in [0.15, 0.2) is 0 Å². The Bertz CT molecular complexity index is 610. The highest BCUT2D eigenvalue weighted by molar-refractivity contribution is 6.30. The Balaban J connectivity index is 2.40. The topological polar surface area (TPSA) is 38.0 Å². The number of aromatic nitrogens is 2. The zero-order valence-corrected chi connectivity index (χ0v) is 12.4. The van der Waals surface area contributed by atoms with Crippen LogP contribution < -0.4 is 0 Å². The summed E-state index contributed by atoms with van der Waals surface area (Å²) in [4.78, 5) is 0. The zero-order chi connectivity index (χ0) is 14.7. The molecule has 2 aromatic rings. The Morgan fingerprint density at radius 2 is 2.05 bits per heavy atom. The first kappa shape index (κ1) is 15.0. The van der Waals surface area contributed by atoms with Gasteiger partial charge in [-0.2, -0.15) is 5.10 Å². The number of hydrogen-bond donors (Lipinski definition) is 1. The molecular weight excluding hydrogens is 279 g/mol. The van der Waals surface area contributed by atoms with Crippen molar-refractivity contribution in [3.05, 3.63) is 51.6 Å². The summed E-state index contributed by atoms with van der Waals surface area (Å²) in [6.07, 6.45) is 1.50. The standard InChI is InChI=1S/C15H18ClFN2O/c1-3-14-12(9-20)15(4-2)19(18-14)8-10-5-6-11(16)7-13(10)17/h5-7,20H,3-4,8-9H2,1-2H3. The molecule has 0 aliphatic rings. The fourth-order valence-corrected chi connectivity index (χ4v) is 2.55. The number of aryl methyl sites for hydroxylation is 1. The molecule has 1 N–H and O–H groups in total. The monoisotopic (exact) mass is 296 g/mol. The SMILES string of the molecule is CCc1nn(Cc2ccc(Cl)cc2F)c(CC)c1CO. The van der Waals surface area contributed by atoms with Crippen molar-refractivity contribution < 1.29 is 9.50 Å². The zero-order valence-electron chi connectivity index (χ0n) is 11.7. The smallest absolute Gasteiger partial charge is 0.129 e. The minimum Gasteiger partial charge on any atom is -0.392 e. The highest BCUT2D eigenvalue weighted by atomic mass is 35.5. The van der Waals surface area contributed by atoms with E-state index in [1.165, 1.54) is 6.07 Å².